The summed E-state index contributed by atoms with van der Waals surface area (Å²) in [6.45, 7) is 3.96. The molecular formula is C13H15N3O2. The van der Waals surface area contributed by atoms with E-state index in [-0.39, 0.29) is 18.4 Å². The lowest BCUT2D eigenvalue weighted by atomic mass is 10.1. The van der Waals surface area contributed by atoms with Crippen LogP contribution in [0.25, 0.3) is 0 Å². The van der Waals surface area contributed by atoms with E-state index in [1.54, 1.807) is 31.3 Å². The van der Waals surface area contributed by atoms with Gasteiger partial charge in [0.2, 0.25) is 5.91 Å². The van der Waals surface area contributed by atoms with E-state index in [4.69, 9.17) is 5.73 Å². The van der Waals surface area contributed by atoms with E-state index in [0.717, 1.165) is 0 Å². The Morgan fingerprint density at radius 1 is 1.44 bits per heavy atom. The van der Waals surface area contributed by atoms with Gasteiger partial charge in [0, 0.05) is 19.3 Å². The molecule has 0 atom stereocenters. The second-order valence-corrected chi connectivity index (χ2v) is 4.17. The fraction of sp³-hybridized carbons (Fsp3) is 0.231. The maximum Gasteiger partial charge on any atom is 0.258 e. The fourth-order valence-corrected chi connectivity index (χ4v) is 2.01. The molecule has 1 heterocycles. The standard InChI is InChI=1S/C13H15N3O2/c1-3-7-16-8-11(17)15(2)10-6-4-5-9(14)12(10)13(16)18/h3-6H,1,7-8,14H2,2H3. The van der Waals surface area contributed by atoms with E-state index >= 15 is 0 Å². The summed E-state index contributed by atoms with van der Waals surface area (Å²) in [7, 11) is 1.64. The molecule has 0 saturated carbocycles. The summed E-state index contributed by atoms with van der Waals surface area (Å²) in [5.41, 5.74) is 7.17. The highest BCUT2D eigenvalue weighted by molar-refractivity contribution is 6.12. The molecule has 5 nitrogen and oxygen atoms in total. The van der Waals surface area contributed by atoms with Crippen LogP contribution in [-0.2, 0) is 4.79 Å². The summed E-state index contributed by atoms with van der Waals surface area (Å²) in [6, 6.07) is 5.11. The molecule has 18 heavy (non-hydrogen) atoms. The Balaban J connectivity index is 2.59. The number of rotatable bonds is 2. The maximum atomic E-state index is 12.4. The molecule has 0 spiro atoms. The van der Waals surface area contributed by atoms with Gasteiger partial charge in [-0.25, -0.2) is 0 Å². The minimum absolute atomic E-state index is 0.0372. The van der Waals surface area contributed by atoms with Crippen LogP contribution in [-0.4, -0.2) is 36.9 Å². The third-order valence-electron chi connectivity index (χ3n) is 2.99. The zero-order valence-corrected chi connectivity index (χ0v) is 10.2. The third-order valence-corrected chi connectivity index (χ3v) is 2.99. The molecule has 1 aliphatic rings. The van der Waals surface area contributed by atoms with Crippen molar-refractivity contribution in [2.75, 3.05) is 30.8 Å². The van der Waals surface area contributed by atoms with Crippen molar-refractivity contribution >= 4 is 23.2 Å². The summed E-state index contributed by atoms with van der Waals surface area (Å²) in [6.07, 6.45) is 1.59. The average molecular weight is 245 g/mol. The van der Waals surface area contributed by atoms with Crippen LogP contribution >= 0.6 is 0 Å². The predicted molar refractivity (Wildman–Crippen MR) is 70.4 cm³/mol. The number of fused-ring (bicyclic) bond motifs is 1. The summed E-state index contributed by atoms with van der Waals surface area (Å²) in [5, 5.41) is 0. The molecule has 0 fully saturated rings. The maximum absolute atomic E-state index is 12.4. The fourth-order valence-electron chi connectivity index (χ4n) is 2.01. The summed E-state index contributed by atoms with van der Waals surface area (Å²) in [4.78, 5) is 27.2. The monoisotopic (exact) mass is 245 g/mol. The molecule has 0 saturated heterocycles. The van der Waals surface area contributed by atoms with Gasteiger partial charge in [-0.3, -0.25) is 9.59 Å². The first-order valence-corrected chi connectivity index (χ1v) is 5.61. The van der Waals surface area contributed by atoms with Crippen molar-refractivity contribution in [1.29, 1.82) is 0 Å². The van der Waals surface area contributed by atoms with Crippen LogP contribution in [0.4, 0.5) is 11.4 Å². The van der Waals surface area contributed by atoms with Gasteiger partial charge in [0.15, 0.2) is 0 Å². The molecule has 2 rings (SSSR count). The summed E-state index contributed by atoms with van der Waals surface area (Å²) < 4.78 is 0. The molecule has 5 heteroatoms. The molecule has 0 unspecified atom stereocenters. The smallest absolute Gasteiger partial charge is 0.258 e. The molecule has 1 aromatic carbocycles. The lowest BCUT2D eigenvalue weighted by Crippen LogP contribution is -2.37. The lowest BCUT2D eigenvalue weighted by molar-refractivity contribution is -0.118. The number of carbonyl (C=O) groups excluding carboxylic acids is 2. The minimum Gasteiger partial charge on any atom is -0.398 e. The SMILES string of the molecule is C=CCN1CC(=O)N(C)c2cccc(N)c2C1=O. The van der Waals surface area contributed by atoms with Gasteiger partial charge in [-0.2, -0.15) is 0 Å². The first-order valence-electron chi connectivity index (χ1n) is 5.61. The van der Waals surface area contributed by atoms with E-state index in [1.165, 1.54) is 9.80 Å². The normalized spacial score (nSPS) is 15.4. The zero-order valence-electron chi connectivity index (χ0n) is 10.2. The minimum atomic E-state index is -0.235. The lowest BCUT2D eigenvalue weighted by Gasteiger charge is -2.18. The van der Waals surface area contributed by atoms with E-state index in [1.807, 2.05) is 0 Å². The van der Waals surface area contributed by atoms with Gasteiger partial charge in [-0.05, 0) is 12.1 Å². The molecule has 0 radical (unpaired) electrons. The van der Waals surface area contributed by atoms with Crippen molar-refractivity contribution in [3.63, 3.8) is 0 Å². The quantitative estimate of drug-likeness (QED) is 0.621. The Kier molecular flexibility index (Phi) is 3.06. The third kappa shape index (κ3) is 1.84. The van der Waals surface area contributed by atoms with E-state index < -0.39 is 0 Å². The summed E-state index contributed by atoms with van der Waals surface area (Å²) >= 11 is 0. The Morgan fingerprint density at radius 2 is 2.17 bits per heavy atom. The Hall–Kier alpha value is -2.30. The molecule has 2 N–H and O–H groups in total. The molecule has 2 amide bonds. The van der Waals surface area contributed by atoms with E-state index in [0.29, 0.717) is 23.5 Å². The van der Waals surface area contributed by atoms with Crippen LogP contribution in [0.2, 0.25) is 0 Å². The number of carbonyl (C=O) groups is 2. The molecule has 0 aromatic heterocycles. The Morgan fingerprint density at radius 3 is 2.83 bits per heavy atom. The van der Waals surface area contributed by atoms with Crippen molar-refractivity contribution in [2.45, 2.75) is 0 Å². The highest BCUT2D eigenvalue weighted by Crippen LogP contribution is 2.29. The molecule has 0 bridgehead atoms. The molecule has 0 aliphatic carbocycles. The predicted octanol–water partition coefficient (Wildman–Crippen LogP) is 0.873. The van der Waals surface area contributed by atoms with Gasteiger partial charge in [-0.1, -0.05) is 12.1 Å². The number of nitrogens with two attached hydrogens (primary N) is 1. The first kappa shape index (κ1) is 12.2. The number of nitrogens with zero attached hydrogens (tertiary/aromatic N) is 2. The second-order valence-electron chi connectivity index (χ2n) is 4.17. The van der Waals surface area contributed by atoms with Crippen LogP contribution in [0, 0.1) is 0 Å². The van der Waals surface area contributed by atoms with Crippen molar-refractivity contribution in [3.8, 4) is 0 Å². The van der Waals surface area contributed by atoms with E-state index in [9.17, 15) is 9.59 Å². The largest absolute Gasteiger partial charge is 0.398 e. The van der Waals surface area contributed by atoms with Gasteiger partial charge in [0.25, 0.3) is 5.91 Å². The van der Waals surface area contributed by atoms with E-state index in [2.05, 4.69) is 6.58 Å². The number of benzene rings is 1. The highest BCUT2D eigenvalue weighted by atomic mass is 16.2. The van der Waals surface area contributed by atoms with Crippen LogP contribution in [0.15, 0.2) is 30.9 Å². The Bertz CT molecular complexity index is 525. The van der Waals surface area contributed by atoms with Crippen molar-refractivity contribution in [1.82, 2.24) is 4.90 Å². The van der Waals surface area contributed by atoms with Gasteiger partial charge < -0.3 is 15.5 Å². The molecule has 1 aliphatic heterocycles. The number of amides is 2. The van der Waals surface area contributed by atoms with Gasteiger partial charge in [0.1, 0.15) is 6.54 Å². The number of anilines is 2. The van der Waals surface area contributed by atoms with Crippen molar-refractivity contribution in [3.05, 3.63) is 36.4 Å². The molecule has 94 valence electrons. The number of hydrogen-bond donors (Lipinski definition) is 1. The number of likely N-dealkylation sites (N-methyl/N-ethyl adjacent to an activating group) is 1. The summed E-state index contributed by atoms with van der Waals surface area (Å²) in [5.74, 6) is -0.379. The van der Waals surface area contributed by atoms with Gasteiger partial charge in [0.05, 0.1) is 11.3 Å². The molecule has 1 aromatic rings. The van der Waals surface area contributed by atoms with Gasteiger partial charge >= 0.3 is 0 Å². The number of nitrogen functional groups attached to an aromatic ring is 1. The number of hydrogen-bond acceptors (Lipinski definition) is 3. The van der Waals surface area contributed by atoms with Crippen LogP contribution in [0.5, 0.6) is 0 Å². The zero-order chi connectivity index (χ0) is 13.3. The second kappa shape index (κ2) is 4.52. The first-order chi connectivity index (χ1) is 8.56. The Labute approximate surface area is 105 Å². The molecular weight excluding hydrogens is 230 g/mol. The van der Waals surface area contributed by atoms with Crippen LogP contribution in [0.1, 0.15) is 10.4 Å². The van der Waals surface area contributed by atoms with Crippen LogP contribution in [0.3, 0.4) is 0 Å². The topological polar surface area (TPSA) is 66.6 Å². The van der Waals surface area contributed by atoms with Crippen molar-refractivity contribution in [2.24, 2.45) is 0 Å². The van der Waals surface area contributed by atoms with Crippen molar-refractivity contribution < 1.29 is 9.59 Å². The van der Waals surface area contributed by atoms with Gasteiger partial charge in [-0.15, -0.1) is 6.58 Å². The highest BCUT2D eigenvalue weighted by Gasteiger charge is 2.30. The average Bonchev–Trinajstić information content (AvgIpc) is 2.43. The van der Waals surface area contributed by atoms with Crippen LogP contribution < -0.4 is 10.6 Å².